The van der Waals surface area contributed by atoms with Crippen LogP contribution in [0.15, 0.2) is 30.3 Å². The maximum Gasteiger partial charge on any atom is 0.230 e. The van der Waals surface area contributed by atoms with Gasteiger partial charge in [0.1, 0.15) is 0 Å². The van der Waals surface area contributed by atoms with Gasteiger partial charge in [-0.2, -0.15) is 0 Å². The van der Waals surface area contributed by atoms with Gasteiger partial charge in [-0.3, -0.25) is 4.79 Å². The van der Waals surface area contributed by atoms with Crippen LogP contribution in [0.4, 0.5) is 0 Å². The Kier molecular flexibility index (Phi) is 5.40. The van der Waals surface area contributed by atoms with Gasteiger partial charge in [-0.15, -0.1) is 0 Å². The van der Waals surface area contributed by atoms with Crippen LogP contribution < -0.4 is 10.6 Å². The van der Waals surface area contributed by atoms with E-state index in [1.807, 2.05) is 18.2 Å². The molecule has 1 amide bonds. The molecule has 0 spiro atoms. The van der Waals surface area contributed by atoms with Crippen LogP contribution in [0, 0.1) is 5.92 Å². The molecule has 2 rings (SSSR count). The molecule has 0 aromatic heterocycles. The summed E-state index contributed by atoms with van der Waals surface area (Å²) in [6, 6.07) is 10.5. The van der Waals surface area contributed by atoms with E-state index in [1.54, 1.807) is 0 Å². The van der Waals surface area contributed by atoms with Gasteiger partial charge < -0.3 is 10.6 Å². The average Bonchev–Trinajstić information content (AvgIpc) is 2.48. The number of hydrogen-bond acceptors (Lipinski definition) is 2. The van der Waals surface area contributed by atoms with Gasteiger partial charge in [-0.25, -0.2) is 0 Å². The van der Waals surface area contributed by atoms with E-state index in [1.165, 1.54) is 0 Å². The Balaban J connectivity index is 2.18. The number of piperidine rings is 1. The molecule has 1 aromatic rings. The van der Waals surface area contributed by atoms with Crippen LogP contribution in [0.5, 0.6) is 0 Å². The van der Waals surface area contributed by atoms with Crippen LogP contribution in [0.25, 0.3) is 0 Å². The maximum absolute atomic E-state index is 13.0. The third-order valence-electron chi connectivity index (χ3n) is 4.42. The quantitative estimate of drug-likeness (QED) is 0.875. The molecule has 1 aliphatic heterocycles. The summed E-state index contributed by atoms with van der Waals surface area (Å²) in [6.07, 6.45) is 2.77. The second-order valence-corrected chi connectivity index (χ2v) is 6.70. The SMILES string of the molecule is CC(C)CC(C)NC(=O)C1(c2ccccc2)CCNCC1. The summed E-state index contributed by atoms with van der Waals surface area (Å²) < 4.78 is 0. The lowest BCUT2D eigenvalue weighted by atomic mass is 9.72. The van der Waals surface area contributed by atoms with E-state index in [0.717, 1.165) is 37.9 Å². The number of rotatable bonds is 5. The van der Waals surface area contributed by atoms with E-state index in [4.69, 9.17) is 0 Å². The molecule has 2 N–H and O–H groups in total. The molecule has 0 aliphatic carbocycles. The molecule has 1 fully saturated rings. The Morgan fingerprint density at radius 3 is 2.38 bits per heavy atom. The van der Waals surface area contributed by atoms with Crippen LogP contribution in [-0.4, -0.2) is 25.0 Å². The van der Waals surface area contributed by atoms with Gasteiger partial charge >= 0.3 is 0 Å². The minimum Gasteiger partial charge on any atom is -0.353 e. The summed E-state index contributed by atoms with van der Waals surface area (Å²) in [4.78, 5) is 13.0. The highest BCUT2D eigenvalue weighted by molar-refractivity contribution is 5.88. The largest absolute Gasteiger partial charge is 0.353 e. The van der Waals surface area contributed by atoms with Gasteiger partial charge in [0.2, 0.25) is 5.91 Å². The lowest BCUT2D eigenvalue weighted by molar-refractivity contribution is -0.128. The molecule has 21 heavy (non-hydrogen) atoms. The first-order chi connectivity index (χ1) is 10.0. The minimum atomic E-state index is -0.363. The lowest BCUT2D eigenvalue weighted by Gasteiger charge is -2.37. The summed E-state index contributed by atoms with van der Waals surface area (Å²) >= 11 is 0. The Hall–Kier alpha value is -1.35. The second kappa shape index (κ2) is 7.08. The summed E-state index contributed by atoms with van der Waals surface area (Å²) in [7, 11) is 0. The predicted molar refractivity (Wildman–Crippen MR) is 87.3 cm³/mol. The first-order valence-electron chi connectivity index (χ1n) is 8.12. The fourth-order valence-electron chi connectivity index (χ4n) is 3.39. The molecule has 1 aliphatic rings. The molecule has 3 nitrogen and oxygen atoms in total. The van der Waals surface area contributed by atoms with Crippen molar-refractivity contribution in [2.24, 2.45) is 5.92 Å². The topological polar surface area (TPSA) is 41.1 Å². The van der Waals surface area contributed by atoms with E-state index in [0.29, 0.717) is 5.92 Å². The Bertz CT molecular complexity index is 450. The molecule has 1 saturated heterocycles. The zero-order chi connectivity index (χ0) is 15.3. The maximum atomic E-state index is 13.0. The molecule has 0 saturated carbocycles. The molecule has 0 radical (unpaired) electrons. The first kappa shape index (κ1) is 16.0. The standard InChI is InChI=1S/C18H28N2O/c1-14(2)13-15(3)20-17(21)18(9-11-19-12-10-18)16-7-5-4-6-8-16/h4-8,14-15,19H,9-13H2,1-3H3,(H,20,21). The van der Waals surface area contributed by atoms with Crippen LogP contribution in [-0.2, 0) is 10.2 Å². The zero-order valence-corrected chi connectivity index (χ0v) is 13.5. The number of benzene rings is 1. The highest BCUT2D eigenvalue weighted by Crippen LogP contribution is 2.34. The number of carbonyl (C=O) groups excluding carboxylic acids is 1. The van der Waals surface area contributed by atoms with E-state index in [2.05, 4.69) is 43.5 Å². The normalized spacial score (nSPS) is 19.2. The monoisotopic (exact) mass is 288 g/mol. The van der Waals surface area contributed by atoms with E-state index >= 15 is 0 Å². The molecule has 1 unspecified atom stereocenters. The van der Waals surface area contributed by atoms with Crippen molar-refractivity contribution in [2.75, 3.05) is 13.1 Å². The van der Waals surface area contributed by atoms with Gasteiger partial charge in [-0.05, 0) is 50.8 Å². The molecule has 0 bridgehead atoms. The van der Waals surface area contributed by atoms with Crippen molar-refractivity contribution >= 4 is 5.91 Å². The minimum absolute atomic E-state index is 0.198. The predicted octanol–water partition coefficient (Wildman–Crippen LogP) is 2.86. The van der Waals surface area contributed by atoms with Crippen molar-refractivity contribution in [2.45, 2.75) is 51.5 Å². The zero-order valence-electron chi connectivity index (χ0n) is 13.5. The number of amides is 1. The van der Waals surface area contributed by atoms with Gasteiger partial charge in [0.15, 0.2) is 0 Å². The van der Waals surface area contributed by atoms with Gasteiger partial charge in [0.05, 0.1) is 5.41 Å². The Labute approximate surface area is 128 Å². The molecular formula is C18H28N2O. The molecular weight excluding hydrogens is 260 g/mol. The second-order valence-electron chi connectivity index (χ2n) is 6.70. The van der Waals surface area contributed by atoms with Gasteiger partial charge in [0, 0.05) is 6.04 Å². The lowest BCUT2D eigenvalue weighted by Crippen LogP contribution is -2.52. The van der Waals surface area contributed by atoms with Crippen molar-refractivity contribution < 1.29 is 4.79 Å². The fraction of sp³-hybridized carbons (Fsp3) is 0.611. The van der Waals surface area contributed by atoms with E-state index in [-0.39, 0.29) is 17.4 Å². The van der Waals surface area contributed by atoms with Crippen LogP contribution in [0.3, 0.4) is 0 Å². The third-order valence-corrected chi connectivity index (χ3v) is 4.42. The van der Waals surface area contributed by atoms with Crippen LogP contribution in [0.1, 0.15) is 45.6 Å². The highest BCUT2D eigenvalue weighted by Gasteiger charge is 2.41. The van der Waals surface area contributed by atoms with Crippen molar-refractivity contribution in [3.63, 3.8) is 0 Å². The summed E-state index contributed by atoms with van der Waals surface area (Å²) in [5.74, 6) is 0.796. The van der Waals surface area contributed by atoms with E-state index < -0.39 is 0 Å². The first-order valence-corrected chi connectivity index (χ1v) is 8.12. The van der Waals surface area contributed by atoms with Crippen molar-refractivity contribution in [3.8, 4) is 0 Å². The molecule has 116 valence electrons. The van der Waals surface area contributed by atoms with Gasteiger partial charge in [0.25, 0.3) is 0 Å². The van der Waals surface area contributed by atoms with Crippen LogP contribution in [0.2, 0.25) is 0 Å². The Morgan fingerprint density at radius 2 is 1.81 bits per heavy atom. The summed E-state index contributed by atoms with van der Waals surface area (Å²) in [5, 5.41) is 6.62. The summed E-state index contributed by atoms with van der Waals surface area (Å²) in [5.41, 5.74) is 0.790. The molecule has 3 heteroatoms. The number of carbonyl (C=O) groups is 1. The van der Waals surface area contributed by atoms with Crippen LogP contribution >= 0.6 is 0 Å². The number of hydrogen-bond donors (Lipinski definition) is 2. The fourth-order valence-corrected chi connectivity index (χ4v) is 3.39. The Morgan fingerprint density at radius 1 is 1.19 bits per heavy atom. The van der Waals surface area contributed by atoms with Gasteiger partial charge in [-0.1, -0.05) is 44.2 Å². The van der Waals surface area contributed by atoms with Crippen molar-refractivity contribution in [1.82, 2.24) is 10.6 Å². The molecule has 1 atom stereocenters. The average molecular weight is 288 g/mol. The van der Waals surface area contributed by atoms with E-state index in [9.17, 15) is 4.79 Å². The highest BCUT2D eigenvalue weighted by atomic mass is 16.2. The molecule has 1 heterocycles. The van der Waals surface area contributed by atoms with Crippen molar-refractivity contribution in [1.29, 1.82) is 0 Å². The smallest absolute Gasteiger partial charge is 0.230 e. The van der Waals surface area contributed by atoms with Crippen molar-refractivity contribution in [3.05, 3.63) is 35.9 Å². The number of nitrogens with one attached hydrogen (secondary N) is 2. The third kappa shape index (κ3) is 3.85. The molecule has 1 aromatic carbocycles. The summed E-state index contributed by atoms with van der Waals surface area (Å²) in [6.45, 7) is 8.31.